The van der Waals surface area contributed by atoms with Gasteiger partial charge in [0, 0.05) is 12.7 Å². The third kappa shape index (κ3) is 5.52. The van der Waals surface area contributed by atoms with E-state index in [-0.39, 0.29) is 29.7 Å². The number of carboxylic acids is 1. The largest absolute Gasteiger partial charge is 0.494 e. The van der Waals surface area contributed by atoms with Crippen molar-refractivity contribution in [3.63, 3.8) is 0 Å². The molecule has 0 radical (unpaired) electrons. The maximum absolute atomic E-state index is 11.8. The number of amides is 1. The zero-order valence-corrected chi connectivity index (χ0v) is 14.2. The van der Waals surface area contributed by atoms with E-state index in [2.05, 4.69) is 5.32 Å². The van der Waals surface area contributed by atoms with Crippen LogP contribution in [0.3, 0.4) is 0 Å². The first-order valence-corrected chi connectivity index (χ1v) is 9.61. The van der Waals surface area contributed by atoms with Crippen LogP contribution in [0.5, 0.6) is 5.75 Å². The summed E-state index contributed by atoms with van der Waals surface area (Å²) in [6.45, 7) is 0.285. The summed E-state index contributed by atoms with van der Waals surface area (Å²) in [5.74, 6) is -0.723. The van der Waals surface area contributed by atoms with Crippen molar-refractivity contribution in [2.24, 2.45) is 5.92 Å². The number of carbonyl (C=O) groups is 2. The predicted octanol–water partition coefficient (Wildman–Crippen LogP) is 1.23. The molecule has 8 heteroatoms. The lowest BCUT2D eigenvalue weighted by atomic mass is 10.2. The summed E-state index contributed by atoms with van der Waals surface area (Å²) < 4.78 is 28.1. The van der Waals surface area contributed by atoms with Crippen molar-refractivity contribution in [1.29, 1.82) is 0 Å². The van der Waals surface area contributed by atoms with Crippen LogP contribution in [0.2, 0.25) is 0 Å². The molecule has 1 aromatic carbocycles. The van der Waals surface area contributed by atoms with Crippen molar-refractivity contribution in [3.8, 4) is 5.75 Å². The van der Waals surface area contributed by atoms with Gasteiger partial charge < -0.3 is 15.2 Å². The second kappa shape index (κ2) is 7.65. The quantitative estimate of drug-likeness (QED) is 0.645. The van der Waals surface area contributed by atoms with E-state index in [1.54, 1.807) is 12.1 Å². The van der Waals surface area contributed by atoms with Crippen LogP contribution in [0, 0.1) is 5.92 Å². The van der Waals surface area contributed by atoms with Gasteiger partial charge in [-0.1, -0.05) is 0 Å². The SMILES string of the molecule is CS(=O)(=O)c1ccc(OCCCC(=O)NC(C(=O)O)C2CC2)cc1. The molecule has 0 bridgehead atoms. The number of nitrogens with one attached hydrogen (secondary N) is 1. The molecule has 0 saturated heterocycles. The summed E-state index contributed by atoms with van der Waals surface area (Å²) in [4.78, 5) is 23.0. The average molecular weight is 355 g/mol. The Morgan fingerprint density at radius 2 is 1.92 bits per heavy atom. The van der Waals surface area contributed by atoms with Gasteiger partial charge in [-0.25, -0.2) is 13.2 Å². The highest BCUT2D eigenvalue weighted by molar-refractivity contribution is 7.90. The van der Waals surface area contributed by atoms with E-state index in [1.807, 2.05) is 0 Å². The number of rotatable bonds is 9. The second-order valence-corrected chi connectivity index (χ2v) is 7.93. The van der Waals surface area contributed by atoms with Crippen molar-refractivity contribution in [2.45, 2.75) is 36.6 Å². The Morgan fingerprint density at radius 3 is 2.42 bits per heavy atom. The molecule has 132 valence electrons. The predicted molar refractivity (Wildman–Crippen MR) is 86.6 cm³/mol. The molecule has 1 aliphatic rings. The topological polar surface area (TPSA) is 110 Å². The maximum atomic E-state index is 11.8. The lowest BCUT2D eigenvalue weighted by Gasteiger charge is -2.13. The molecule has 1 fully saturated rings. The van der Waals surface area contributed by atoms with Gasteiger partial charge in [0.15, 0.2) is 9.84 Å². The summed E-state index contributed by atoms with van der Waals surface area (Å²) in [6.07, 6.45) is 3.43. The van der Waals surface area contributed by atoms with Crippen molar-refractivity contribution in [3.05, 3.63) is 24.3 Å². The fourth-order valence-electron chi connectivity index (χ4n) is 2.26. The monoisotopic (exact) mass is 355 g/mol. The molecule has 0 heterocycles. The highest BCUT2D eigenvalue weighted by Crippen LogP contribution is 2.32. The smallest absolute Gasteiger partial charge is 0.326 e. The number of benzene rings is 1. The Morgan fingerprint density at radius 1 is 1.29 bits per heavy atom. The minimum absolute atomic E-state index is 0.0519. The van der Waals surface area contributed by atoms with Gasteiger partial charge in [0.25, 0.3) is 0 Å². The molecule has 0 spiro atoms. The minimum Gasteiger partial charge on any atom is -0.494 e. The molecule has 24 heavy (non-hydrogen) atoms. The van der Waals surface area contributed by atoms with Crippen molar-refractivity contribution >= 4 is 21.7 Å². The molecule has 1 unspecified atom stereocenters. The molecule has 1 aromatic rings. The third-order valence-electron chi connectivity index (χ3n) is 3.74. The van der Waals surface area contributed by atoms with E-state index in [0.717, 1.165) is 19.1 Å². The Hall–Kier alpha value is -2.09. The molecule has 1 amide bonds. The van der Waals surface area contributed by atoms with Crippen molar-refractivity contribution < 1.29 is 27.9 Å². The first-order chi connectivity index (χ1) is 11.3. The van der Waals surface area contributed by atoms with Gasteiger partial charge in [0.1, 0.15) is 11.8 Å². The van der Waals surface area contributed by atoms with E-state index in [0.29, 0.717) is 12.2 Å². The van der Waals surface area contributed by atoms with Crippen LogP contribution in [0.25, 0.3) is 0 Å². The van der Waals surface area contributed by atoms with Crippen LogP contribution in [0.15, 0.2) is 29.2 Å². The molecule has 2 rings (SSSR count). The zero-order chi connectivity index (χ0) is 17.7. The first kappa shape index (κ1) is 18.3. The van der Waals surface area contributed by atoms with Crippen LogP contribution >= 0.6 is 0 Å². The first-order valence-electron chi connectivity index (χ1n) is 7.72. The Labute approximate surface area is 140 Å². The fraction of sp³-hybridized carbons (Fsp3) is 0.500. The number of sulfone groups is 1. The molecule has 2 N–H and O–H groups in total. The summed E-state index contributed by atoms with van der Waals surface area (Å²) in [7, 11) is -3.23. The number of hydrogen-bond acceptors (Lipinski definition) is 5. The van der Waals surface area contributed by atoms with Gasteiger partial charge in [0.05, 0.1) is 11.5 Å². The Balaban J connectivity index is 1.70. The van der Waals surface area contributed by atoms with Crippen LogP contribution in [-0.4, -0.2) is 44.3 Å². The molecular weight excluding hydrogens is 334 g/mol. The molecule has 0 aliphatic heterocycles. The minimum atomic E-state index is -3.23. The maximum Gasteiger partial charge on any atom is 0.326 e. The normalized spacial score (nSPS) is 15.5. The average Bonchev–Trinajstić information content (AvgIpc) is 3.33. The summed E-state index contributed by atoms with van der Waals surface area (Å²) in [6, 6.07) is 5.25. The number of hydrogen-bond donors (Lipinski definition) is 2. The lowest BCUT2D eigenvalue weighted by Crippen LogP contribution is -2.42. The van der Waals surface area contributed by atoms with Gasteiger partial charge in [-0.05, 0) is 49.4 Å². The van der Waals surface area contributed by atoms with E-state index in [1.165, 1.54) is 12.1 Å². The van der Waals surface area contributed by atoms with Crippen molar-refractivity contribution in [1.82, 2.24) is 5.32 Å². The molecule has 7 nitrogen and oxygen atoms in total. The van der Waals surface area contributed by atoms with Crippen LogP contribution < -0.4 is 10.1 Å². The zero-order valence-electron chi connectivity index (χ0n) is 13.4. The Kier molecular flexibility index (Phi) is 5.82. The lowest BCUT2D eigenvalue weighted by molar-refractivity contribution is -0.142. The fourth-order valence-corrected chi connectivity index (χ4v) is 2.89. The van der Waals surface area contributed by atoms with E-state index in [4.69, 9.17) is 9.84 Å². The van der Waals surface area contributed by atoms with Gasteiger partial charge in [-0.15, -0.1) is 0 Å². The standard InChI is InChI=1S/C16H21NO6S/c1-24(21,22)13-8-6-12(7-9-13)23-10-2-3-14(18)17-15(16(19)20)11-4-5-11/h6-9,11,15H,2-5,10H2,1H3,(H,17,18)(H,19,20). The van der Waals surface area contributed by atoms with Crippen LogP contribution in [0.1, 0.15) is 25.7 Å². The molecule has 1 aliphatic carbocycles. The summed E-state index contributed by atoms with van der Waals surface area (Å²) in [5, 5.41) is 11.6. The molecule has 0 aromatic heterocycles. The van der Waals surface area contributed by atoms with E-state index < -0.39 is 21.8 Å². The second-order valence-electron chi connectivity index (χ2n) is 5.92. The van der Waals surface area contributed by atoms with Gasteiger partial charge in [-0.3, -0.25) is 4.79 Å². The van der Waals surface area contributed by atoms with Gasteiger partial charge in [0.2, 0.25) is 5.91 Å². The highest BCUT2D eigenvalue weighted by atomic mass is 32.2. The van der Waals surface area contributed by atoms with Gasteiger partial charge >= 0.3 is 5.97 Å². The summed E-state index contributed by atoms with van der Waals surface area (Å²) >= 11 is 0. The molecular formula is C16H21NO6S. The number of carbonyl (C=O) groups excluding carboxylic acids is 1. The van der Waals surface area contributed by atoms with E-state index >= 15 is 0 Å². The summed E-state index contributed by atoms with van der Waals surface area (Å²) in [5.41, 5.74) is 0. The number of carboxylic acid groups (broad SMARTS) is 1. The van der Waals surface area contributed by atoms with Crippen LogP contribution in [-0.2, 0) is 19.4 Å². The number of aliphatic carboxylic acids is 1. The molecule has 1 atom stereocenters. The van der Waals surface area contributed by atoms with Gasteiger partial charge in [-0.2, -0.15) is 0 Å². The highest BCUT2D eigenvalue weighted by Gasteiger charge is 2.37. The van der Waals surface area contributed by atoms with Crippen molar-refractivity contribution in [2.75, 3.05) is 12.9 Å². The Bertz CT molecular complexity index is 694. The third-order valence-corrected chi connectivity index (χ3v) is 4.87. The number of ether oxygens (including phenoxy) is 1. The van der Waals surface area contributed by atoms with Crippen LogP contribution in [0.4, 0.5) is 0 Å². The molecule has 1 saturated carbocycles. The van der Waals surface area contributed by atoms with E-state index in [9.17, 15) is 18.0 Å².